The van der Waals surface area contributed by atoms with E-state index in [0.29, 0.717) is 47.6 Å². The van der Waals surface area contributed by atoms with Gasteiger partial charge in [0.1, 0.15) is 17.3 Å². The molecule has 2 heterocycles. The summed E-state index contributed by atoms with van der Waals surface area (Å²) < 4.78 is 57.6. The van der Waals surface area contributed by atoms with Gasteiger partial charge in [-0.2, -0.15) is 0 Å². The highest BCUT2D eigenvalue weighted by atomic mass is 19.4. The molecule has 0 saturated heterocycles. The van der Waals surface area contributed by atoms with Crippen molar-refractivity contribution in [2.45, 2.75) is 18.8 Å². The van der Waals surface area contributed by atoms with E-state index in [4.69, 9.17) is 5.73 Å². The number of carbonyl (C=O) groups excluding carboxylic acids is 1. The number of alkyl halides is 3. The van der Waals surface area contributed by atoms with Crippen LogP contribution in [0.15, 0.2) is 54.6 Å². The summed E-state index contributed by atoms with van der Waals surface area (Å²) in [5.41, 5.74) is 8.32. The zero-order valence-corrected chi connectivity index (χ0v) is 16.2. The maximum Gasteiger partial charge on any atom is 0.573 e. The normalized spacial score (nSPS) is 16.0. The van der Waals surface area contributed by atoms with Gasteiger partial charge in [0.2, 0.25) is 0 Å². The zero-order valence-electron chi connectivity index (χ0n) is 16.2. The smallest absolute Gasteiger partial charge is 0.406 e. The molecule has 0 unspecified atom stereocenters. The summed E-state index contributed by atoms with van der Waals surface area (Å²) in [7, 11) is 0. The lowest BCUT2D eigenvalue weighted by Gasteiger charge is -2.28. The van der Waals surface area contributed by atoms with Crippen molar-refractivity contribution < 1.29 is 27.1 Å². The number of benzene rings is 2. The minimum absolute atomic E-state index is 0.152. The van der Waals surface area contributed by atoms with E-state index >= 15 is 0 Å². The Morgan fingerprint density at radius 3 is 2.52 bits per heavy atom. The van der Waals surface area contributed by atoms with Gasteiger partial charge in [0.15, 0.2) is 0 Å². The maximum atomic E-state index is 13.6. The van der Waals surface area contributed by atoms with E-state index in [-0.39, 0.29) is 17.7 Å². The number of halogens is 4. The number of nitrogens with two attached hydrogens (primary N) is 1. The largest absolute Gasteiger partial charge is 0.573 e. The number of hydrogen-bond donors (Lipinski definition) is 2. The molecule has 162 valence electrons. The molecule has 3 aromatic rings. The van der Waals surface area contributed by atoms with Gasteiger partial charge >= 0.3 is 6.36 Å². The Bertz CT molecular complexity index is 1110. The number of nitrogens with zero attached hydrogens (tertiary/aromatic N) is 1. The highest BCUT2D eigenvalue weighted by Gasteiger charge is 2.32. The van der Waals surface area contributed by atoms with Crippen LogP contribution in [-0.4, -0.2) is 29.9 Å². The molecule has 1 aliphatic rings. The highest BCUT2D eigenvalue weighted by Crippen LogP contribution is 2.40. The van der Waals surface area contributed by atoms with Crippen molar-refractivity contribution in [3.05, 3.63) is 66.1 Å². The third-order valence-corrected chi connectivity index (χ3v) is 5.13. The number of rotatable bonds is 5. The van der Waals surface area contributed by atoms with Crippen LogP contribution in [0.25, 0.3) is 22.4 Å². The Kier molecular flexibility index (Phi) is 5.45. The molecule has 0 saturated carbocycles. The molecule has 3 N–H and O–H groups in total. The summed E-state index contributed by atoms with van der Waals surface area (Å²) in [4.78, 5) is 12.6. The van der Waals surface area contributed by atoms with E-state index < -0.39 is 12.2 Å². The van der Waals surface area contributed by atoms with E-state index in [1.54, 1.807) is 24.3 Å². The number of hydrogen-bond acceptors (Lipinski definition) is 3. The molecule has 1 aliphatic heterocycles. The van der Waals surface area contributed by atoms with Gasteiger partial charge in [-0.15, -0.1) is 13.2 Å². The number of aromatic nitrogens is 1. The summed E-state index contributed by atoms with van der Waals surface area (Å²) in [5, 5.41) is 2.82. The first-order valence-electron chi connectivity index (χ1n) is 9.62. The van der Waals surface area contributed by atoms with Crippen LogP contribution >= 0.6 is 0 Å². The van der Waals surface area contributed by atoms with Crippen LogP contribution in [0.1, 0.15) is 23.0 Å². The van der Waals surface area contributed by atoms with Gasteiger partial charge in [0.25, 0.3) is 5.91 Å². The predicted molar refractivity (Wildman–Crippen MR) is 107 cm³/mol. The summed E-state index contributed by atoms with van der Waals surface area (Å²) in [6.07, 6.45) is -4.25. The van der Waals surface area contributed by atoms with Crippen LogP contribution in [0, 0.1) is 5.82 Å². The van der Waals surface area contributed by atoms with Gasteiger partial charge in [-0.3, -0.25) is 4.79 Å². The molecule has 0 aliphatic carbocycles. The predicted octanol–water partition coefficient (Wildman–Crippen LogP) is 4.49. The van der Waals surface area contributed by atoms with Gasteiger partial charge < -0.3 is 20.4 Å². The minimum Gasteiger partial charge on any atom is -0.406 e. The van der Waals surface area contributed by atoms with Crippen molar-refractivity contribution in [2.24, 2.45) is 5.73 Å². The molecule has 9 heteroatoms. The Balaban J connectivity index is 1.93. The molecule has 1 amide bonds. The van der Waals surface area contributed by atoms with Crippen molar-refractivity contribution in [3.63, 3.8) is 0 Å². The standard InChI is InChI=1S/C22H19F4N3O2/c23-15-6-4-13(5-7-15)20-18(14-2-1-3-17(10-14)31-22(24,25)26)11-19-21(30)28-12-16(8-9-27)29(19)20/h1-7,10-11,16H,8-9,12,27H2,(H,28,30)/t16-/m0/s1. The van der Waals surface area contributed by atoms with Crippen LogP contribution in [0.3, 0.4) is 0 Å². The lowest BCUT2D eigenvalue weighted by Crippen LogP contribution is -2.39. The van der Waals surface area contributed by atoms with Crippen molar-refractivity contribution in [1.29, 1.82) is 0 Å². The molecule has 0 bridgehead atoms. The summed E-state index contributed by atoms with van der Waals surface area (Å²) in [6, 6.07) is 12.8. The average Bonchev–Trinajstić information content (AvgIpc) is 3.11. The van der Waals surface area contributed by atoms with E-state index in [1.165, 1.54) is 30.3 Å². The van der Waals surface area contributed by atoms with E-state index in [0.717, 1.165) is 0 Å². The molecule has 4 rings (SSSR count). The molecule has 2 aromatic carbocycles. The summed E-state index contributed by atoms with van der Waals surface area (Å²) in [5.74, 6) is -1.10. The van der Waals surface area contributed by atoms with E-state index in [9.17, 15) is 22.4 Å². The first-order valence-corrected chi connectivity index (χ1v) is 9.62. The van der Waals surface area contributed by atoms with Gasteiger partial charge in [-0.25, -0.2) is 4.39 Å². The monoisotopic (exact) mass is 433 g/mol. The van der Waals surface area contributed by atoms with Crippen molar-refractivity contribution in [1.82, 2.24) is 9.88 Å². The van der Waals surface area contributed by atoms with Gasteiger partial charge in [-0.05, 0) is 66.6 Å². The fourth-order valence-electron chi connectivity index (χ4n) is 3.88. The highest BCUT2D eigenvalue weighted by molar-refractivity contribution is 5.98. The Morgan fingerprint density at radius 1 is 1.10 bits per heavy atom. The Labute approximate surface area is 175 Å². The lowest BCUT2D eigenvalue weighted by molar-refractivity contribution is -0.274. The summed E-state index contributed by atoms with van der Waals surface area (Å²) >= 11 is 0. The lowest BCUT2D eigenvalue weighted by atomic mass is 10.0. The zero-order chi connectivity index (χ0) is 22.2. The van der Waals surface area contributed by atoms with Gasteiger partial charge in [0.05, 0.1) is 11.7 Å². The molecule has 0 fully saturated rings. The minimum atomic E-state index is -4.83. The summed E-state index contributed by atoms with van der Waals surface area (Å²) in [6.45, 7) is 0.744. The molecule has 0 radical (unpaired) electrons. The second-order valence-electron chi connectivity index (χ2n) is 7.19. The second kappa shape index (κ2) is 8.07. The second-order valence-corrected chi connectivity index (χ2v) is 7.19. The fourth-order valence-corrected chi connectivity index (χ4v) is 3.88. The van der Waals surface area contributed by atoms with Crippen LogP contribution in [-0.2, 0) is 0 Å². The fraction of sp³-hybridized carbons (Fsp3) is 0.227. The van der Waals surface area contributed by atoms with E-state index in [2.05, 4.69) is 10.1 Å². The van der Waals surface area contributed by atoms with Crippen LogP contribution < -0.4 is 15.8 Å². The third kappa shape index (κ3) is 4.27. The SMILES string of the molecule is NCC[C@H]1CNC(=O)c2cc(-c3cccc(OC(F)(F)F)c3)c(-c3ccc(F)cc3)n21. The molecule has 5 nitrogen and oxygen atoms in total. The molecular formula is C22H19F4N3O2. The van der Waals surface area contributed by atoms with Gasteiger partial charge in [0, 0.05) is 12.1 Å². The van der Waals surface area contributed by atoms with Gasteiger partial charge in [-0.1, -0.05) is 12.1 Å². The van der Waals surface area contributed by atoms with Crippen molar-refractivity contribution >= 4 is 5.91 Å². The topological polar surface area (TPSA) is 69.3 Å². The van der Waals surface area contributed by atoms with Crippen molar-refractivity contribution in [3.8, 4) is 28.1 Å². The number of amides is 1. The van der Waals surface area contributed by atoms with E-state index in [1.807, 2.05) is 4.57 Å². The first kappa shape index (κ1) is 20.9. The molecule has 31 heavy (non-hydrogen) atoms. The molecule has 0 spiro atoms. The number of carbonyl (C=O) groups is 1. The Morgan fingerprint density at radius 2 is 1.84 bits per heavy atom. The third-order valence-electron chi connectivity index (χ3n) is 5.13. The Hall–Kier alpha value is -3.33. The van der Waals surface area contributed by atoms with Crippen LogP contribution in [0.5, 0.6) is 5.75 Å². The first-order chi connectivity index (χ1) is 14.8. The van der Waals surface area contributed by atoms with Crippen molar-refractivity contribution in [2.75, 3.05) is 13.1 Å². The maximum absolute atomic E-state index is 13.6. The van der Waals surface area contributed by atoms with Crippen LogP contribution in [0.2, 0.25) is 0 Å². The average molecular weight is 433 g/mol. The number of ether oxygens (including phenoxy) is 1. The molecular weight excluding hydrogens is 414 g/mol. The molecule has 1 aromatic heterocycles. The quantitative estimate of drug-likeness (QED) is 0.583. The number of fused-ring (bicyclic) bond motifs is 1. The number of nitrogens with one attached hydrogen (secondary N) is 1. The van der Waals surface area contributed by atoms with Crippen LogP contribution in [0.4, 0.5) is 17.6 Å². The molecule has 1 atom stereocenters.